The molecule has 1 aromatic rings. The van der Waals surface area contributed by atoms with Crippen molar-refractivity contribution >= 4 is 46.6 Å². The van der Waals surface area contributed by atoms with E-state index in [4.69, 9.17) is 22.4 Å². The van der Waals surface area contributed by atoms with Crippen LogP contribution in [0.1, 0.15) is 22.3 Å². The summed E-state index contributed by atoms with van der Waals surface area (Å²) < 4.78 is 0.399. The average molecular weight is 323 g/mol. The Morgan fingerprint density at radius 3 is 2.43 bits per heavy atom. The highest BCUT2D eigenvalue weighted by atomic mass is 32.2. The van der Waals surface area contributed by atoms with Crippen molar-refractivity contribution in [1.29, 1.82) is 0 Å². The molecular formula is C14H13NO4S2. The third-order valence-corrected chi connectivity index (χ3v) is 4.23. The van der Waals surface area contributed by atoms with Gasteiger partial charge in [0, 0.05) is 18.5 Å². The molecule has 1 heterocycles. The van der Waals surface area contributed by atoms with E-state index in [0.29, 0.717) is 14.8 Å². The quantitative estimate of drug-likeness (QED) is 0.369. The van der Waals surface area contributed by atoms with Crippen LogP contribution in [0, 0.1) is 0 Å². The molecule has 7 heteroatoms. The largest absolute Gasteiger partial charge is 0.368 e. The minimum atomic E-state index is -1.46. The molecule has 1 aliphatic rings. The minimum Gasteiger partial charge on any atom is -0.368 e. The number of nitrogens with zero attached hydrogens (tertiary/aromatic N) is 1. The van der Waals surface area contributed by atoms with Gasteiger partial charge in [-0.3, -0.25) is 14.5 Å². The molecule has 0 radical (unpaired) electrons. The van der Waals surface area contributed by atoms with Gasteiger partial charge in [-0.05, 0) is 11.6 Å². The van der Waals surface area contributed by atoms with Crippen molar-refractivity contribution in [3.8, 4) is 0 Å². The topological polar surface area (TPSA) is 77.8 Å². The van der Waals surface area contributed by atoms with Gasteiger partial charge >= 0.3 is 0 Å². The first-order valence-electron chi connectivity index (χ1n) is 6.18. The Hall–Kier alpha value is -1.54. The van der Waals surface area contributed by atoms with Crippen molar-refractivity contribution in [3.05, 3.63) is 40.3 Å². The number of hydrogen-bond acceptors (Lipinski definition) is 6. The fraction of sp³-hybridized carbons (Fsp3) is 0.214. The summed E-state index contributed by atoms with van der Waals surface area (Å²) in [5.74, 6) is -0.245. The fourth-order valence-electron chi connectivity index (χ4n) is 1.76. The Morgan fingerprint density at radius 2 is 1.86 bits per heavy atom. The molecule has 0 aliphatic carbocycles. The summed E-state index contributed by atoms with van der Waals surface area (Å²) in [6.45, 7) is 0.170. The van der Waals surface area contributed by atoms with Crippen LogP contribution < -0.4 is 0 Å². The van der Waals surface area contributed by atoms with Crippen LogP contribution in [0.4, 0.5) is 0 Å². The van der Waals surface area contributed by atoms with Gasteiger partial charge in [0.1, 0.15) is 10.6 Å². The molecule has 1 fully saturated rings. The van der Waals surface area contributed by atoms with E-state index >= 15 is 0 Å². The summed E-state index contributed by atoms with van der Waals surface area (Å²) in [6.07, 6.45) is 1.04. The van der Waals surface area contributed by atoms with E-state index < -0.39 is 6.29 Å². The lowest BCUT2D eigenvalue weighted by molar-refractivity contribution is -0.123. The first kappa shape index (κ1) is 15.8. The fourth-order valence-corrected chi connectivity index (χ4v) is 3.07. The Bertz CT molecular complexity index is 595. The highest BCUT2D eigenvalue weighted by Gasteiger charge is 2.31. The highest BCUT2D eigenvalue weighted by molar-refractivity contribution is 8.26. The number of benzene rings is 1. The molecule has 21 heavy (non-hydrogen) atoms. The van der Waals surface area contributed by atoms with Crippen molar-refractivity contribution < 1.29 is 19.8 Å². The van der Waals surface area contributed by atoms with Crippen LogP contribution in [0.25, 0.3) is 6.08 Å². The number of thiocarbonyl (C=S) groups is 1. The third-order valence-electron chi connectivity index (χ3n) is 2.85. The molecule has 0 bridgehead atoms. The number of aldehydes is 1. The van der Waals surface area contributed by atoms with Crippen molar-refractivity contribution in [2.24, 2.45) is 0 Å². The van der Waals surface area contributed by atoms with Crippen molar-refractivity contribution in [2.75, 3.05) is 6.54 Å². The number of carbonyl (C=O) groups is 2. The Morgan fingerprint density at radius 1 is 1.24 bits per heavy atom. The third kappa shape index (κ3) is 3.98. The monoisotopic (exact) mass is 323 g/mol. The zero-order valence-electron chi connectivity index (χ0n) is 10.9. The first-order chi connectivity index (χ1) is 10.0. The van der Waals surface area contributed by atoms with Gasteiger partial charge in [0.15, 0.2) is 6.29 Å². The van der Waals surface area contributed by atoms with Crippen molar-refractivity contribution in [2.45, 2.75) is 12.7 Å². The molecule has 1 aliphatic heterocycles. The number of rotatable bonds is 5. The second kappa shape index (κ2) is 6.95. The van der Waals surface area contributed by atoms with Gasteiger partial charge in [0.05, 0.1) is 4.91 Å². The van der Waals surface area contributed by atoms with Gasteiger partial charge in [-0.2, -0.15) is 0 Å². The van der Waals surface area contributed by atoms with E-state index in [2.05, 4.69) is 0 Å². The van der Waals surface area contributed by atoms with Crippen molar-refractivity contribution in [1.82, 2.24) is 4.90 Å². The maximum absolute atomic E-state index is 12.2. The number of aliphatic hydroxyl groups is 2. The number of thioether (sulfide) groups is 1. The number of aliphatic hydroxyl groups excluding tert-OH is 1. The van der Waals surface area contributed by atoms with Crippen LogP contribution in [0.2, 0.25) is 0 Å². The molecule has 2 N–H and O–H groups in total. The summed E-state index contributed by atoms with van der Waals surface area (Å²) in [5, 5.41) is 17.7. The number of amides is 1. The second-order valence-corrected chi connectivity index (χ2v) is 6.06. The number of carbonyl (C=O) groups excluding carboxylic acids is 2. The molecule has 5 nitrogen and oxygen atoms in total. The summed E-state index contributed by atoms with van der Waals surface area (Å²) in [4.78, 5) is 24.6. The molecule has 0 aromatic heterocycles. The van der Waals surface area contributed by atoms with Crippen LogP contribution in [0.3, 0.4) is 0 Å². The van der Waals surface area contributed by atoms with Gasteiger partial charge in [0.25, 0.3) is 5.91 Å². The summed E-state index contributed by atoms with van der Waals surface area (Å²) in [6, 6.07) is 6.82. The van der Waals surface area contributed by atoms with Crippen LogP contribution in [0.5, 0.6) is 0 Å². The Kier molecular flexibility index (Phi) is 5.24. The Labute approximate surface area is 131 Å². The molecule has 1 aromatic carbocycles. The van der Waals surface area contributed by atoms with Crippen LogP contribution in [0.15, 0.2) is 29.2 Å². The van der Waals surface area contributed by atoms with Crippen LogP contribution in [-0.2, 0) is 4.79 Å². The molecule has 0 saturated carbocycles. The van der Waals surface area contributed by atoms with Gasteiger partial charge in [-0.1, -0.05) is 48.2 Å². The van der Waals surface area contributed by atoms with Gasteiger partial charge in [0.2, 0.25) is 0 Å². The molecule has 0 atom stereocenters. The molecular weight excluding hydrogens is 310 g/mol. The highest BCUT2D eigenvalue weighted by Crippen LogP contribution is 2.32. The maximum Gasteiger partial charge on any atom is 0.266 e. The average Bonchev–Trinajstić information content (AvgIpc) is 2.72. The minimum absolute atomic E-state index is 0.0494. The van der Waals surface area contributed by atoms with Gasteiger partial charge < -0.3 is 10.2 Å². The molecule has 2 rings (SSSR count). The Balaban J connectivity index is 2.13. The van der Waals surface area contributed by atoms with E-state index in [9.17, 15) is 9.59 Å². The molecule has 0 spiro atoms. The smallest absolute Gasteiger partial charge is 0.266 e. The summed E-state index contributed by atoms with van der Waals surface area (Å²) in [7, 11) is 0. The van der Waals surface area contributed by atoms with Gasteiger partial charge in [-0.25, -0.2) is 0 Å². The number of hydrogen-bond donors (Lipinski definition) is 2. The molecule has 1 amide bonds. The summed E-state index contributed by atoms with van der Waals surface area (Å²) in [5.41, 5.74) is 1.36. The molecule has 110 valence electrons. The lowest BCUT2D eigenvalue weighted by atomic mass is 10.1. The lowest BCUT2D eigenvalue weighted by Gasteiger charge is -2.14. The molecule has 1 saturated heterocycles. The van der Waals surface area contributed by atoms with Crippen LogP contribution in [-0.4, -0.2) is 44.5 Å². The van der Waals surface area contributed by atoms with Gasteiger partial charge in [-0.15, -0.1) is 0 Å². The van der Waals surface area contributed by atoms with E-state index in [0.717, 1.165) is 11.8 Å². The van der Waals surface area contributed by atoms with Crippen molar-refractivity contribution in [3.63, 3.8) is 0 Å². The maximum atomic E-state index is 12.2. The lowest BCUT2D eigenvalue weighted by Crippen LogP contribution is -2.31. The standard InChI is InChI=1S/C14H13NO4S2/c16-8-10-3-1-9(2-4-10)7-11-13(19)15(14(20)21-11)6-5-12(17)18/h1-4,7-8,12,17-18H,5-6H2/b11-7-. The van der Waals surface area contributed by atoms with Crippen LogP contribution >= 0.6 is 24.0 Å². The zero-order chi connectivity index (χ0) is 15.4. The first-order valence-corrected chi connectivity index (χ1v) is 7.40. The predicted octanol–water partition coefficient (Wildman–Crippen LogP) is 1.40. The SMILES string of the molecule is O=Cc1ccc(/C=C2\SC(=S)N(CCC(O)O)C2=O)cc1. The second-order valence-electron chi connectivity index (χ2n) is 4.39. The van der Waals surface area contributed by atoms with E-state index in [1.54, 1.807) is 30.3 Å². The van der Waals surface area contributed by atoms with E-state index in [1.807, 2.05) is 0 Å². The normalized spacial score (nSPS) is 17.1. The van der Waals surface area contributed by atoms with E-state index in [1.165, 1.54) is 16.7 Å². The predicted molar refractivity (Wildman–Crippen MR) is 84.6 cm³/mol. The zero-order valence-corrected chi connectivity index (χ0v) is 12.6. The summed E-state index contributed by atoms with van der Waals surface area (Å²) >= 11 is 6.29. The van der Waals surface area contributed by atoms with E-state index in [-0.39, 0.29) is 18.9 Å². The molecule has 0 unspecified atom stereocenters.